The third-order valence-corrected chi connectivity index (χ3v) is 9.37. The van der Waals surface area contributed by atoms with E-state index in [1.165, 1.54) is 34.9 Å². The highest BCUT2D eigenvalue weighted by Gasteiger charge is 2.33. The number of aliphatic hydroxyl groups is 1. The van der Waals surface area contributed by atoms with E-state index in [4.69, 9.17) is 4.74 Å². The quantitative estimate of drug-likeness (QED) is 0.245. The molecule has 0 bridgehead atoms. The largest absolute Gasteiger partial charge is 0.488 e. The maximum Gasteiger partial charge on any atom is 0.261 e. The topological polar surface area (TPSA) is 99.2 Å². The van der Waals surface area contributed by atoms with Crippen molar-refractivity contribution in [3.05, 3.63) is 114 Å². The van der Waals surface area contributed by atoms with Crippen molar-refractivity contribution in [1.82, 2.24) is 9.80 Å². The van der Waals surface area contributed by atoms with Crippen molar-refractivity contribution >= 4 is 21.6 Å². The summed E-state index contributed by atoms with van der Waals surface area (Å²) in [6.45, 7) is 5.34. The fourth-order valence-corrected chi connectivity index (χ4v) is 6.50. The highest BCUT2D eigenvalue weighted by Crippen LogP contribution is 2.31. The van der Waals surface area contributed by atoms with E-state index in [0.29, 0.717) is 25.4 Å². The van der Waals surface area contributed by atoms with Crippen LogP contribution >= 0.6 is 0 Å². The average Bonchev–Trinajstić information content (AvgIpc) is 3.03. The summed E-state index contributed by atoms with van der Waals surface area (Å²) in [4.78, 5) is 17.7. The molecule has 1 aliphatic rings. The standard InChI is InChI=1S/C35H39N3O5S/c1-25-21-38(26(2)24-39)35(40)32-20-30(36-44(41,42)31-12-8-5-9-13-31)18-19-33(32)43-34(25)23-37(3)22-27-14-16-29(17-15-27)28-10-6-4-7-11-28/h4-20,25-26,34,36,39H,21-24H2,1-3H3/t25-,26-,34-/m1/s1. The first-order chi connectivity index (χ1) is 21.1. The summed E-state index contributed by atoms with van der Waals surface area (Å²) >= 11 is 0. The molecular weight excluding hydrogens is 574 g/mol. The Kier molecular flexibility index (Phi) is 9.68. The molecule has 4 aromatic carbocycles. The Labute approximate surface area is 260 Å². The van der Waals surface area contributed by atoms with Crippen LogP contribution in [0, 0.1) is 5.92 Å². The maximum atomic E-state index is 13.8. The van der Waals surface area contributed by atoms with Crippen LogP contribution in [0.1, 0.15) is 29.8 Å². The minimum atomic E-state index is -3.85. The first-order valence-electron chi connectivity index (χ1n) is 14.8. The molecule has 1 aliphatic heterocycles. The number of ether oxygens (including phenoxy) is 1. The van der Waals surface area contributed by atoms with Crippen LogP contribution in [0.3, 0.4) is 0 Å². The van der Waals surface area contributed by atoms with Gasteiger partial charge in [-0.05, 0) is 61.0 Å². The lowest BCUT2D eigenvalue weighted by molar-refractivity contribution is 0.0341. The van der Waals surface area contributed by atoms with Gasteiger partial charge in [0.15, 0.2) is 0 Å². The second-order valence-corrected chi connectivity index (χ2v) is 13.2. The molecule has 8 nitrogen and oxygen atoms in total. The monoisotopic (exact) mass is 613 g/mol. The van der Waals surface area contributed by atoms with Gasteiger partial charge >= 0.3 is 0 Å². The van der Waals surface area contributed by atoms with Crippen molar-refractivity contribution < 1.29 is 23.1 Å². The average molecular weight is 614 g/mol. The molecule has 0 saturated carbocycles. The Balaban J connectivity index is 1.36. The molecule has 1 amide bonds. The van der Waals surface area contributed by atoms with Crippen LogP contribution in [-0.2, 0) is 16.6 Å². The molecule has 44 heavy (non-hydrogen) atoms. The Bertz CT molecular complexity index is 1660. The van der Waals surface area contributed by atoms with Crippen molar-refractivity contribution in [1.29, 1.82) is 0 Å². The number of hydrogen-bond acceptors (Lipinski definition) is 6. The van der Waals surface area contributed by atoms with Crippen molar-refractivity contribution in [3.63, 3.8) is 0 Å². The Hall–Kier alpha value is -4.18. The van der Waals surface area contributed by atoms with E-state index >= 15 is 0 Å². The van der Waals surface area contributed by atoms with Crippen LogP contribution < -0.4 is 9.46 Å². The van der Waals surface area contributed by atoms with Gasteiger partial charge in [0, 0.05) is 31.2 Å². The number of nitrogens with one attached hydrogen (secondary N) is 1. The van der Waals surface area contributed by atoms with Gasteiger partial charge in [-0.3, -0.25) is 14.4 Å². The molecule has 4 aromatic rings. The first kappa shape index (κ1) is 31.3. The number of rotatable bonds is 10. The van der Waals surface area contributed by atoms with Gasteiger partial charge in [0.25, 0.3) is 15.9 Å². The highest BCUT2D eigenvalue weighted by atomic mass is 32.2. The number of carbonyl (C=O) groups is 1. The molecule has 0 radical (unpaired) electrons. The molecular formula is C35H39N3O5S. The smallest absolute Gasteiger partial charge is 0.261 e. The zero-order chi connectivity index (χ0) is 31.3. The lowest BCUT2D eigenvalue weighted by Crippen LogP contribution is -2.49. The zero-order valence-corrected chi connectivity index (χ0v) is 26.1. The van der Waals surface area contributed by atoms with E-state index in [1.807, 2.05) is 32.2 Å². The Morgan fingerprint density at radius 2 is 1.59 bits per heavy atom. The lowest BCUT2D eigenvalue weighted by atomic mass is 9.99. The number of sulfonamides is 1. The minimum Gasteiger partial charge on any atom is -0.488 e. The minimum absolute atomic E-state index is 0.0414. The second kappa shape index (κ2) is 13.6. The van der Waals surface area contributed by atoms with E-state index < -0.39 is 16.1 Å². The molecule has 0 spiro atoms. The van der Waals surface area contributed by atoms with Gasteiger partial charge < -0.3 is 14.7 Å². The molecule has 0 fully saturated rings. The normalized spacial score (nSPS) is 17.8. The number of hydrogen-bond donors (Lipinski definition) is 2. The van der Waals surface area contributed by atoms with Gasteiger partial charge in [0.2, 0.25) is 0 Å². The highest BCUT2D eigenvalue weighted by molar-refractivity contribution is 7.92. The number of amides is 1. The van der Waals surface area contributed by atoms with Crippen molar-refractivity contribution in [3.8, 4) is 16.9 Å². The van der Waals surface area contributed by atoms with Crippen molar-refractivity contribution in [2.45, 2.75) is 37.4 Å². The molecule has 1 heterocycles. The fourth-order valence-electron chi connectivity index (χ4n) is 5.43. The molecule has 0 aromatic heterocycles. The maximum absolute atomic E-state index is 13.8. The third-order valence-electron chi connectivity index (χ3n) is 7.98. The van der Waals surface area contributed by atoms with Crippen LogP contribution in [0.5, 0.6) is 5.75 Å². The van der Waals surface area contributed by atoms with Crippen LogP contribution in [0.15, 0.2) is 108 Å². The second-order valence-electron chi connectivity index (χ2n) is 11.5. The van der Waals surface area contributed by atoms with E-state index in [9.17, 15) is 18.3 Å². The fraction of sp³-hybridized carbons (Fsp3) is 0.286. The number of likely N-dealkylation sites (N-methyl/N-ethyl adjacent to an activating group) is 1. The molecule has 9 heteroatoms. The van der Waals surface area contributed by atoms with E-state index in [2.05, 4.69) is 46.0 Å². The molecule has 5 rings (SSSR count). The van der Waals surface area contributed by atoms with Crippen molar-refractivity contribution in [2.75, 3.05) is 31.5 Å². The summed E-state index contributed by atoms with van der Waals surface area (Å²) in [6.07, 6.45) is -0.268. The predicted molar refractivity (Wildman–Crippen MR) is 173 cm³/mol. The van der Waals surface area contributed by atoms with E-state index in [0.717, 1.165) is 0 Å². The SMILES string of the molecule is C[C@@H]1CN([C@H](C)CO)C(=O)c2cc(NS(=O)(=O)c3ccccc3)ccc2O[C@@H]1CN(C)Cc1ccc(-c2ccccc2)cc1. The third kappa shape index (κ3) is 7.30. The molecule has 2 N–H and O–H groups in total. The van der Waals surface area contributed by atoms with Gasteiger partial charge in [0.05, 0.1) is 23.1 Å². The summed E-state index contributed by atoms with van der Waals surface area (Å²) in [7, 11) is -1.81. The number of nitrogens with zero attached hydrogens (tertiary/aromatic N) is 2. The van der Waals surface area contributed by atoms with Gasteiger partial charge in [-0.1, -0.05) is 79.7 Å². The molecule has 0 aliphatic carbocycles. The number of anilines is 1. The zero-order valence-electron chi connectivity index (χ0n) is 25.3. The van der Waals surface area contributed by atoms with Crippen LogP contribution in [-0.4, -0.2) is 68.1 Å². The molecule has 3 atom stereocenters. The summed E-state index contributed by atoms with van der Waals surface area (Å²) in [5, 5.41) is 9.98. The van der Waals surface area contributed by atoms with Gasteiger partial charge in [0.1, 0.15) is 11.9 Å². The lowest BCUT2D eigenvalue weighted by Gasteiger charge is -2.38. The number of benzene rings is 4. The van der Waals surface area contributed by atoms with Gasteiger partial charge in [-0.2, -0.15) is 0 Å². The van der Waals surface area contributed by atoms with Crippen LogP contribution in [0.4, 0.5) is 5.69 Å². The van der Waals surface area contributed by atoms with Gasteiger partial charge in [-0.25, -0.2) is 8.42 Å². The summed E-state index contributed by atoms with van der Waals surface area (Å²) < 4.78 is 35.0. The molecule has 0 unspecified atom stereocenters. The molecule has 230 valence electrons. The number of aliphatic hydroxyl groups excluding tert-OH is 1. The van der Waals surface area contributed by atoms with Crippen LogP contribution in [0.2, 0.25) is 0 Å². The number of fused-ring (bicyclic) bond motifs is 1. The Morgan fingerprint density at radius 1 is 0.955 bits per heavy atom. The van der Waals surface area contributed by atoms with E-state index in [1.54, 1.807) is 42.2 Å². The summed E-state index contributed by atoms with van der Waals surface area (Å²) in [5.74, 6) is 0.0182. The van der Waals surface area contributed by atoms with Crippen molar-refractivity contribution in [2.24, 2.45) is 5.92 Å². The number of carbonyl (C=O) groups excluding carboxylic acids is 1. The Morgan fingerprint density at radius 3 is 2.25 bits per heavy atom. The first-order valence-corrected chi connectivity index (χ1v) is 16.3. The van der Waals surface area contributed by atoms with E-state index in [-0.39, 0.29) is 40.7 Å². The van der Waals surface area contributed by atoms with Crippen LogP contribution in [0.25, 0.3) is 11.1 Å². The summed E-state index contributed by atoms with van der Waals surface area (Å²) in [5.41, 5.74) is 4.01. The molecule has 0 saturated heterocycles. The van der Waals surface area contributed by atoms with Gasteiger partial charge in [-0.15, -0.1) is 0 Å². The predicted octanol–water partition coefficient (Wildman–Crippen LogP) is 5.51. The summed E-state index contributed by atoms with van der Waals surface area (Å²) in [6, 6.07) is 31.2.